The predicted octanol–water partition coefficient (Wildman–Crippen LogP) is 5.39. The number of aromatic nitrogens is 4. The van der Waals surface area contributed by atoms with Crippen molar-refractivity contribution < 1.29 is 22.7 Å². The Labute approximate surface area is 249 Å². The topological polar surface area (TPSA) is 100 Å². The van der Waals surface area contributed by atoms with E-state index in [1.165, 1.54) is 29.1 Å². The highest BCUT2D eigenvalue weighted by atomic mass is 35.5. The summed E-state index contributed by atoms with van der Waals surface area (Å²) in [5, 5.41) is 21.8. The van der Waals surface area contributed by atoms with Gasteiger partial charge in [-0.25, -0.2) is 0 Å². The number of nitriles is 1. The first-order valence-electron chi connectivity index (χ1n) is 13.7. The van der Waals surface area contributed by atoms with Crippen LogP contribution in [0.15, 0.2) is 30.3 Å². The summed E-state index contributed by atoms with van der Waals surface area (Å²) in [6, 6.07) is 9.63. The largest absolute Gasteiger partial charge is 0.469 e. The molecule has 0 saturated carbocycles. The van der Waals surface area contributed by atoms with Crippen LogP contribution in [0.1, 0.15) is 66.0 Å². The van der Waals surface area contributed by atoms with Gasteiger partial charge in [-0.1, -0.05) is 11.2 Å². The van der Waals surface area contributed by atoms with Crippen molar-refractivity contribution in [2.24, 2.45) is 7.05 Å². The number of rotatable bonds is 12. The van der Waals surface area contributed by atoms with Crippen molar-refractivity contribution in [1.29, 1.82) is 5.26 Å². The van der Waals surface area contributed by atoms with Gasteiger partial charge in [-0.15, -0.1) is 17.5 Å². The average Bonchev–Trinajstić information content (AvgIpc) is 3.60. The fourth-order valence-corrected chi connectivity index (χ4v) is 5.24. The standard InChI is InChI=1S/C29H34F3N7O2.ClH/c1-4-38(11-6-5-10-27(40)41-3)26-16-23-9-7-8-22(23)15-24(26)19-39(28-34-36-37(2)35-28)18-21-12-20(17-33)13-25(14-21)29(30,31)32;/h12-16H,4-11,18-19H2,1-3H3;1H. The molecule has 226 valence electrons. The zero-order valence-electron chi connectivity index (χ0n) is 23.9. The Morgan fingerprint density at radius 2 is 1.83 bits per heavy atom. The van der Waals surface area contributed by atoms with Crippen molar-refractivity contribution in [3.05, 3.63) is 63.7 Å². The van der Waals surface area contributed by atoms with E-state index in [0.717, 1.165) is 62.2 Å². The smallest absolute Gasteiger partial charge is 0.416 e. The van der Waals surface area contributed by atoms with Gasteiger partial charge < -0.3 is 14.5 Å². The van der Waals surface area contributed by atoms with Gasteiger partial charge in [0.2, 0.25) is 0 Å². The maximum absolute atomic E-state index is 13.6. The molecule has 0 unspecified atom stereocenters. The lowest BCUT2D eigenvalue weighted by atomic mass is 10.0. The molecule has 13 heteroatoms. The summed E-state index contributed by atoms with van der Waals surface area (Å²) >= 11 is 0. The monoisotopic (exact) mass is 605 g/mol. The van der Waals surface area contributed by atoms with Crippen LogP contribution in [0.4, 0.5) is 24.8 Å². The van der Waals surface area contributed by atoms with Crippen molar-refractivity contribution >= 4 is 30.0 Å². The number of methoxy groups -OCH3 is 1. The van der Waals surface area contributed by atoms with Crippen molar-refractivity contribution in [3.63, 3.8) is 0 Å². The second kappa shape index (κ2) is 14.4. The molecule has 0 radical (unpaired) electrons. The number of halogens is 4. The molecule has 9 nitrogen and oxygen atoms in total. The molecule has 4 rings (SSSR count). The maximum atomic E-state index is 13.6. The first-order chi connectivity index (χ1) is 19.6. The maximum Gasteiger partial charge on any atom is 0.416 e. The van der Waals surface area contributed by atoms with Crippen LogP contribution in [-0.2, 0) is 48.7 Å². The Balaban J connectivity index is 0.00000484. The van der Waals surface area contributed by atoms with E-state index in [-0.39, 0.29) is 36.4 Å². The van der Waals surface area contributed by atoms with E-state index in [9.17, 15) is 23.2 Å². The van der Waals surface area contributed by atoms with Crippen LogP contribution in [-0.4, -0.2) is 46.4 Å². The summed E-state index contributed by atoms with van der Waals surface area (Å²) in [6.07, 6.45) is 0.320. The first-order valence-corrected chi connectivity index (χ1v) is 13.7. The SMILES string of the molecule is CCN(CCCCC(=O)OC)c1cc2c(cc1CN(Cc1cc(C#N)cc(C(F)(F)F)c1)c1nnn(C)n1)CCC2.Cl. The highest BCUT2D eigenvalue weighted by Gasteiger charge is 2.31. The Morgan fingerprint density at radius 1 is 1.10 bits per heavy atom. The van der Waals surface area contributed by atoms with Gasteiger partial charge in [0.1, 0.15) is 0 Å². The molecule has 3 aromatic rings. The minimum Gasteiger partial charge on any atom is -0.469 e. The summed E-state index contributed by atoms with van der Waals surface area (Å²) in [7, 11) is 3.01. The van der Waals surface area contributed by atoms with Gasteiger partial charge in [0.25, 0.3) is 5.95 Å². The van der Waals surface area contributed by atoms with Crippen molar-refractivity contribution in [2.45, 2.75) is 64.7 Å². The lowest BCUT2D eigenvalue weighted by Gasteiger charge is -2.29. The highest BCUT2D eigenvalue weighted by Crippen LogP contribution is 2.34. The van der Waals surface area contributed by atoms with Crippen molar-refractivity contribution in [3.8, 4) is 6.07 Å². The highest BCUT2D eigenvalue weighted by molar-refractivity contribution is 5.85. The van der Waals surface area contributed by atoms with Gasteiger partial charge >= 0.3 is 12.1 Å². The van der Waals surface area contributed by atoms with Crippen LogP contribution < -0.4 is 9.80 Å². The number of aryl methyl sites for hydroxylation is 3. The minimum atomic E-state index is -4.58. The quantitative estimate of drug-likeness (QED) is 0.200. The summed E-state index contributed by atoms with van der Waals surface area (Å²) in [5.74, 6) is 0.0449. The number of hydrogen-bond acceptors (Lipinski definition) is 8. The van der Waals surface area contributed by atoms with E-state index in [1.807, 2.05) is 6.07 Å². The number of ether oxygens (including phenoxy) is 1. The van der Waals surface area contributed by atoms with Crippen LogP contribution in [0.2, 0.25) is 0 Å². The van der Waals surface area contributed by atoms with E-state index in [1.54, 1.807) is 11.9 Å². The third-order valence-electron chi connectivity index (χ3n) is 7.27. The van der Waals surface area contributed by atoms with Crippen LogP contribution in [0.3, 0.4) is 0 Å². The van der Waals surface area contributed by atoms with Crippen molar-refractivity contribution in [2.75, 3.05) is 30.0 Å². The molecule has 0 bridgehead atoms. The molecule has 1 heterocycles. The minimum absolute atomic E-state index is 0. The molecule has 0 amide bonds. The fourth-order valence-electron chi connectivity index (χ4n) is 5.24. The first kappa shape index (κ1) is 32.7. The van der Waals surface area contributed by atoms with Crippen LogP contribution >= 0.6 is 12.4 Å². The third kappa shape index (κ3) is 8.12. The van der Waals surface area contributed by atoms with Gasteiger partial charge in [-0.05, 0) is 90.8 Å². The molecule has 0 N–H and O–H groups in total. The number of carbonyl (C=O) groups is 1. The third-order valence-corrected chi connectivity index (χ3v) is 7.27. The molecular formula is C29H35ClF3N7O2. The number of nitrogens with zero attached hydrogens (tertiary/aromatic N) is 7. The summed E-state index contributed by atoms with van der Waals surface area (Å²) in [6.45, 7) is 3.93. The summed E-state index contributed by atoms with van der Waals surface area (Å²) < 4.78 is 45.6. The molecular weight excluding hydrogens is 571 g/mol. The second-order valence-electron chi connectivity index (χ2n) is 10.2. The second-order valence-corrected chi connectivity index (χ2v) is 10.2. The van der Waals surface area contributed by atoms with Crippen LogP contribution in [0, 0.1) is 11.3 Å². The predicted molar refractivity (Wildman–Crippen MR) is 154 cm³/mol. The summed E-state index contributed by atoms with van der Waals surface area (Å²) in [5.41, 5.74) is 4.00. The Bertz CT molecular complexity index is 1420. The molecule has 0 fully saturated rings. The van der Waals surface area contributed by atoms with Crippen LogP contribution in [0.5, 0.6) is 0 Å². The number of esters is 1. The van der Waals surface area contributed by atoms with E-state index >= 15 is 0 Å². The molecule has 2 aromatic carbocycles. The van der Waals surface area contributed by atoms with Gasteiger partial charge in [-0.2, -0.15) is 23.2 Å². The van der Waals surface area contributed by atoms with Crippen molar-refractivity contribution in [1.82, 2.24) is 20.2 Å². The number of carbonyl (C=O) groups excluding carboxylic acids is 1. The van der Waals surface area contributed by atoms with Gasteiger partial charge in [-0.3, -0.25) is 4.79 Å². The number of alkyl halides is 3. The van der Waals surface area contributed by atoms with E-state index in [2.05, 4.69) is 39.4 Å². The van der Waals surface area contributed by atoms with E-state index < -0.39 is 11.7 Å². The molecule has 1 aromatic heterocycles. The molecule has 0 spiro atoms. The van der Waals surface area contributed by atoms with Crippen LogP contribution in [0.25, 0.3) is 0 Å². The van der Waals surface area contributed by atoms with E-state index in [4.69, 9.17) is 4.74 Å². The fraction of sp³-hybridized carbons (Fsp3) is 0.483. The zero-order valence-corrected chi connectivity index (χ0v) is 24.8. The molecule has 1 aliphatic rings. The molecule has 1 aliphatic carbocycles. The van der Waals surface area contributed by atoms with E-state index in [0.29, 0.717) is 24.9 Å². The number of hydrogen-bond donors (Lipinski definition) is 0. The zero-order chi connectivity index (χ0) is 29.6. The lowest BCUT2D eigenvalue weighted by molar-refractivity contribution is -0.140. The Morgan fingerprint density at radius 3 is 2.45 bits per heavy atom. The Hall–Kier alpha value is -3.85. The molecule has 42 heavy (non-hydrogen) atoms. The molecule has 0 saturated heterocycles. The number of anilines is 2. The number of unbranched alkanes of at least 4 members (excludes halogenated alkanes) is 1. The number of benzene rings is 2. The number of fused-ring (bicyclic) bond motifs is 1. The normalized spacial score (nSPS) is 12.3. The molecule has 0 atom stereocenters. The Kier molecular flexibility index (Phi) is 11.2. The lowest BCUT2D eigenvalue weighted by Crippen LogP contribution is -2.29. The van der Waals surface area contributed by atoms with Gasteiger partial charge in [0.05, 0.1) is 31.4 Å². The van der Waals surface area contributed by atoms with Gasteiger partial charge in [0, 0.05) is 38.3 Å². The van der Waals surface area contributed by atoms with Gasteiger partial charge in [0.15, 0.2) is 0 Å². The summed E-state index contributed by atoms with van der Waals surface area (Å²) in [4.78, 5) is 16.9. The average molecular weight is 606 g/mol. The molecule has 0 aliphatic heterocycles. The number of tetrazole rings is 1.